The van der Waals surface area contributed by atoms with Crippen LogP contribution < -0.4 is 0 Å². The van der Waals surface area contributed by atoms with Gasteiger partial charge >= 0.3 is 0 Å². The lowest BCUT2D eigenvalue weighted by Crippen LogP contribution is -2.27. The van der Waals surface area contributed by atoms with Crippen molar-refractivity contribution in [2.75, 3.05) is 20.3 Å². The molecule has 0 amide bonds. The van der Waals surface area contributed by atoms with Gasteiger partial charge in [-0.15, -0.1) is 0 Å². The Balaban J connectivity index is 2.44. The van der Waals surface area contributed by atoms with Crippen LogP contribution >= 0.6 is 0 Å². The number of aliphatic hydroxyl groups is 1. The lowest BCUT2D eigenvalue weighted by Gasteiger charge is -2.24. The Labute approximate surface area is 61.5 Å². The van der Waals surface area contributed by atoms with Crippen LogP contribution in [-0.2, 0) is 4.74 Å². The molecule has 0 fully saturated rings. The van der Waals surface area contributed by atoms with Crippen molar-refractivity contribution >= 4 is 0 Å². The first-order valence-corrected chi connectivity index (χ1v) is 3.58. The van der Waals surface area contributed by atoms with Gasteiger partial charge in [-0.25, -0.2) is 0 Å². The third kappa shape index (κ3) is 1.39. The molecule has 0 heterocycles. The Morgan fingerprint density at radius 2 is 2.10 bits per heavy atom. The van der Waals surface area contributed by atoms with Crippen LogP contribution in [0.2, 0.25) is 0 Å². The summed E-state index contributed by atoms with van der Waals surface area (Å²) in [5.74, 6) is 0. The van der Waals surface area contributed by atoms with Gasteiger partial charge < -0.3 is 9.84 Å². The Kier molecular flexibility index (Phi) is 2.46. The molecule has 58 valence electrons. The number of hydrogen-bond acceptors (Lipinski definition) is 2. The van der Waals surface area contributed by atoms with Crippen LogP contribution in [0.4, 0.5) is 0 Å². The molecule has 0 atom stereocenters. The van der Waals surface area contributed by atoms with Crippen LogP contribution in [0.1, 0.15) is 12.8 Å². The minimum atomic E-state index is 0.00868. The molecular formula is C8H14O2. The number of methoxy groups -OCH3 is 1. The van der Waals surface area contributed by atoms with Crippen molar-refractivity contribution in [3.05, 3.63) is 12.2 Å². The zero-order valence-electron chi connectivity index (χ0n) is 6.34. The molecule has 2 heteroatoms. The van der Waals surface area contributed by atoms with Gasteiger partial charge in [0.25, 0.3) is 0 Å². The van der Waals surface area contributed by atoms with Gasteiger partial charge in [-0.2, -0.15) is 0 Å². The average Bonchev–Trinajstić information content (AvgIpc) is 2.39. The van der Waals surface area contributed by atoms with E-state index in [4.69, 9.17) is 9.84 Å². The first kappa shape index (κ1) is 7.76. The summed E-state index contributed by atoms with van der Waals surface area (Å²) in [5, 5.41) is 9.03. The molecule has 0 aromatic heterocycles. The zero-order chi connectivity index (χ0) is 7.45. The average molecular weight is 142 g/mol. The third-order valence-electron chi connectivity index (χ3n) is 2.05. The van der Waals surface area contributed by atoms with E-state index in [1.165, 1.54) is 0 Å². The molecule has 1 aliphatic carbocycles. The van der Waals surface area contributed by atoms with Gasteiger partial charge in [0, 0.05) is 12.5 Å². The summed E-state index contributed by atoms with van der Waals surface area (Å²) < 4.78 is 5.02. The zero-order valence-corrected chi connectivity index (χ0v) is 6.34. The van der Waals surface area contributed by atoms with Gasteiger partial charge in [0.1, 0.15) is 0 Å². The minimum Gasteiger partial charge on any atom is -0.396 e. The summed E-state index contributed by atoms with van der Waals surface area (Å²) in [5.41, 5.74) is 0.00868. The number of allylic oxidation sites excluding steroid dienone is 2. The van der Waals surface area contributed by atoms with E-state index in [0.717, 1.165) is 12.8 Å². The third-order valence-corrected chi connectivity index (χ3v) is 2.05. The van der Waals surface area contributed by atoms with Gasteiger partial charge in [0.05, 0.1) is 13.2 Å². The molecule has 0 aromatic rings. The molecule has 0 radical (unpaired) electrons. The van der Waals surface area contributed by atoms with E-state index >= 15 is 0 Å². The summed E-state index contributed by atoms with van der Waals surface area (Å²) in [6.45, 7) is 0.893. The highest BCUT2D eigenvalue weighted by molar-refractivity contribution is 5.02. The maximum atomic E-state index is 9.03. The van der Waals surface area contributed by atoms with Crippen molar-refractivity contribution < 1.29 is 9.84 Å². The molecule has 0 spiro atoms. The van der Waals surface area contributed by atoms with Crippen molar-refractivity contribution in [3.63, 3.8) is 0 Å². The normalized spacial score (nSPS) is 21.8. The Morgan fingerprint density at radius 1 is 1.50 bits per heavy atom. The first-order chi connectivity index (χ1) is 4.83. The van der Waals surface area contributed by atoms with E-state index in [-0.39, 0.29) is 12.0 Å². The fourth-order valence-corrected chi connectivity index (χ4v) is 1.35. The van der Waals surface area contributed by atoms with Gasteiger partial charge in [-0.1, -0.05) is 12.2 Å². The molecule has 0 bridgehead atoms. The Bertz CT molecular complexity index is 121. The summed E-state index contributed by atoms with van der Waals surface area (Å²) in [6.07, 6.45) is 6.12. The summed E-state index contributed by atoms with van der Waals surface area (Å²) >= 11 is 0. The van der Waals surface area contributed by atoms with E-state index in [1.54, 1.807) is 7.11 Å². The van der Waals surface area contributed by atoms with E-state index in [0.29, 0.717) is 6.61 Å². The predicted molar refractivity (Wildman–Crippen MR) is 39.8 cm³/mol. The number of rotatable bonds is 3. The summed E-state index contributed by atoms with van der Waals surface area (Å²) in [7, 11) is 1.68. The molecule has 1 N–H and O–H groups in total. The van der Waals surface area contributed by atoms with Crippen molar-refractivity contribution in [2.24, 2.45) is 5.41 Å². The van der Waals surface area contributed by atoms with E-state index in [1.807, 2.05) is 0 Å². The van der Waals surface area contributed by atoms with Crippen molar-refractivity contribution in [2.45, 2.75) is 12.8 Å². The molecule has 1 rings (SSSR count). The molecule has 0 unspecified atom stereocenters. The first-order valence-electron chi connectivity index (χ1n) is 3.58. The molecule has 10 heavy (non-hydrogen) atoms. The van der Waals surface area contributed by atoms with E-state index in [9.17, 15) is 0 Å². The largest absolute Gasteiger partial charge is 0.396 e. The minimum absolute atomic E-state index is 0.00868. The molecule has 0 aliphatic heterocycles. The highest BCUT2D eigenvalue weighted by Gasteiger charge is 2.29. The van der Waals surface area contributed by atoms with Crippen LogP contribution in [0.15, 0.2) is 12.2 Å². The van der Waals surface area contributed by atoms with Gasteiger partial charge in [-0.05, 0) is 12.8 Å². The van der Waals surface area contributed by atoms with Gasteiger partial charge in [-0.3, -0.25) is 0 Å². The van der Waals surface area contributed by atoms with Crippen molar-refractivity contribution in [3.8, 4) is 0 Å². The van der Waals surface area contributed by atoms with Crippen LogP contribution in [0.25, 0.3) is 0 Å². The predicted octanol–water partition coefficient (Wildman–Crippen LogP) is 0.962. The van der Waals surface area contributed by atoms with Crippen LogP contribution in [0.3, 0.4) is 0 Å². The standard InChI is InChI=1S/C8H14O2/c1-10-7-8(6-9)4-2-3-5-8/h2-3,9H,4-7H2,1H3. The monoisotopic (exact) mass is 142 g/mol. The smallest absolute Gasteiger partial charge is 0.0546 e. The Hall–Kier alpha value is -0.340. The van der Waals surface area contributed by atoms with Crippen LogP contribution in [0, 0.1) is 5.41 Å². The van der Waals surface area contributed by atoms with Crippen molar-refractivity contribution in [1.29, 1.82) is 0 Å². The fraction of sp³-hybridized carbons (Fsp3) is 0.750. The molecule has 0 saturated carbocycles. The quantitative estimate of drug-likeness (QED) is 0.595. The highest BCUT2D eigenvalue weighted by Crippen LogP contribution is 2.32. The summed E-state index contributed by atoms with van der Waals surface area (Å²) in [4.78, 5) is 0. The topological polar surface area (TPSA) is 29.5 Å². The lowest BCUT2D eigenvalue weighted by atomic mass is 9.88. The number of aliphatic hydroxyl groups excluding tert-OH is 1. The Morgan fingerprint density at radius 3 is 2.50 bits per heavy atom. The molecule has 2 nitrogen and oxygen atoms in total. The van der Waals surface area contributed by atoms with Gasteiger partial charge in [0.2, 0.25) is 0 Å². The molecule has 0 saturated heterocycles. The summed E-state index contributed by atoms with van der Waals surface area (Å²) in [6, 6.07) is 0. The van der Waals surface area contributed by atoms with E-state index < -0.39 is 0 Å². The number of hydrogen-bond donors (Lipinski definition) is 1. The second kappa shape index (κ2) is 3.17. The molecule has 0 aromatic carbocycles. The fourth-order valence-electron chi connectivity index (χ4n) is 1.35. The van der Waals surface area contributed by atoms with E-state index in [2.05, 4.69) is 12.2 Å². The van der Waals surface area contributed by atoms with Gasteiger partial charge in [0.15, 0.2) is 0 Å². The molecule has 1 aliphatic rings. The number of ether oxygens (including phenoxy) is 1. The van der Waals surface area contributed by atoms with Crippen molar-refractivity contribution in [1.82, 2.24) is 0 Å². The maximum absolute atomic E-state index is 9.03. The second-order valence-corrected chi connectivity index (χ2v) is 2.97. The lowest BCUT2D eigenvalue weighted by molar-refractivity contribution is 0.0384. The van der Waals surface area contributed by atoms with Crippen LogP contribution in [0.5, 0.6) is 0 Å². The highest BCUT2D eigenvalue weighted by atomic mass is 16.5. The molecular weight excluding hydrogens is 128 g/mol. The van der Waals surface area contributed by atoms with Crippen LogP contribution in [-0.4, -0.2) is 25.4 Å². The maximum Gasteiger partial charge on any atom is 0.0546 e. The second-order valence-electron chi connectivity index (χ2n) is 2.97. The SMILES string of the molecule is COCC1(CO)CC=CC1.